The van der Waals surface area contributed by atoms with Gasteiger partial charge in [0.1, 0.15) is 12.4 Å². The molecule has 2 aromatic rings. The van der Waals surface area contributed by atoms with E-state index in [-0.39, 0.29) is 29.6 Å². The molecule has 33 heavy (non-hydrogen) atoms. The fraction of sp³-hybridized carbons (Fsp3) is 0.409. The highest BCUT2D eigenvalue weighted by atomic mass is 32.2. The van der Waals surface area contributed by atoms with Gasteiger partial charge in [0, 0.05) is 12.1 Å². The van der Waals surface area contributed by atoms with Crippen LogP contribution in [0.3, 0.4) is 0 Å². The first-order chi connectivity index (χ1) is 15.6. The van der Waals surface area contributed by atoms with Gasteiger partial charge >= 0.3 is 6.09 Å². The zero-order chi connectivity index (χ0) is 24.2. The van der Waals surface area contributed by atoms with Crippen molar-refractivity contribution in [1.82, 2.24) is 10.4 Å². The monoisotopic (exact) mass is 480 g/mol. The third-order valence-electron chi connectivity index (χ3n) is 5.18. The first-order valence-electron chi connectivity index (χ1n) is 10.4. The van der Waals surface area contributed by atoms with Crippen LogP contribution in [0.5, 0.6) is 11.5 Å². The molecule has 0 bridgehead atoms. The molecule has 3 rings (SSSR count). The second-order valence-corrected chi connectivity index (χ2v) is 10.3. The molecule has 0 fully saturated rings. The maximum Gasteiger partial charge on any atom is 0.422 e. The van der Waals surface area contributed by atoms with Crippen LogP contribution >= 0.6 is 0 Å². The third-order valence-corrected chi connectivity index (χ3v) is 6.93. The van der Waals surface area contributed by atoms with Crippen molar-refractivity contribution in [3.8, 4) is 11.5 Å². The van der Waals surface area contributed by atoms with Gasteiger partial charge in [-0.05, 0) is 48.2 Å². The summed E-state index contributed by atoms with van der Waals surface area (Å²) in [5.74, 6) is -0.118. The van der Waals surface area contributed by atoms with Gasteiger partial charge in [-0.2, -0.15) is 4.89 Å². The standard InChI is InChI=1S/C22H28N2O8S/c1-14(2)11-23-24(22(27)28)19(9-15-3-5-17(25)6-4-15)20(26)13-33(29,30)18-7-8-21-16(10-18)12-31-32-21/h3-8,10,14,19-20,23,25-26H,9,11-13H2,1-2H3,(H,27,28). The topological polar surface area (TPSA) is 146 Å². The smallest absolute Gasteiger partial charge is 0.422 e. The van der Waals surface area contributed by atoms with E-state index in [0.29, 0.717) is 23.4 Å². The van der Waals surface area contributed by atoms with E-state index < -0.39 is 33.8 Å². The number of aromatic hydroxyl groups is 1. The second-order valence-electron chi connectivity index (χ2n) is 8.31. The summed E-state index contributed by atoms with van der Waals surface area (Å²) in [4.78, 5) is 21.7. The van der Waals surface area contributed by atoms with Gasteiger partial charge in [0.05, 0.1) is 22.8 Å². The average molecular weight is 481 g/mol. The lowest BCUT2D eigenvalue weighted by molar-refractivity contribution is -0.194. The Kier molecular flexibility index (Phi) is 7.80. The van der Waals surface area contributed by atoms with E-state index in [1.165, 1.54) is 30.3 Å². The molecule has 1 aliphatic rings. The van der Waals surface area contributed by atoms with E-state index in [9.17, 15) is 28.5 Å². The van der Waals surface area contributed by atoms with Crippen molar-refractivity contribution in [2.24, 2.45) is 5.92 Å². The van der Waals surface area contributed by atoms with Crippen LogP contribution in [0.25, 0.3) is 0 Å². The molecule has 0 aliphatic carbocycles. The number of nitrogens with one attached hydrogen (secondary N) is 1. The number of aliphatic hydroxyl groups excluding tert-OH is 1. The fourth-order valence-corrected chi connectivity index (χ4v) is 4.87. The van der Waals surface area contributed by atoms with Crippen LogP contribution in [0.4, 0.5) is 4.79 Å². The summed E-state index contributed by atoms with van der Waals surface area (Å²) in [6.07, 6.45) is -2.86. The molecule has 0 saturated heterocycles. The molecule has 1 aliphatic heterocycles. The summed E-state index contributed by atoms with van der Waals surface area (Å²) < 4.78 is 26.1. The molecule has 11 heteroatoms. The van der Waals surface area contributed by atoms with Crippen molar-refractivity contribution in [3.63, 3.8) is 0 Å². The van der Waals surface area contributed by atoms with Crippen LogP contribution in [0.1, 0.15) is 25.0 Å². The predicted molar refractivity (Wildman–Crippen MR) is 118 cm³/mol. The van der Waals surface area contributed by atoms with Gasteiger partial charge in [0.25, 0.3) is 0 Å². The minimum atomic E-state index is -3.96. The molecule has 0 radical (unpaired) electrons. The molecule has 0 saturated carbocycles. The molecule has 0 aromatic heterocycles. The van der Waals surface area contributed by atoms with Crippen LogP contribution in [-0.2, 0) is 27.8 Å². The van der Waals surface area contributed by atoms with Gasteiger partial charge in [-0.1, -0.05) is 26.0 Å². The van der Waals surface area contributed by atoms with Crippen LogP contribution in [-0.4, -0.2) is 59.3 Å². The van der Waals surface area contributed by atoms with Crippen molar-refractivity contribution < 1.29 is 38.3 Å². The van der Waals surface area contributed by atoms with Gasteiger partial charge in [0.2, 0.25) is 0 Å². The van der Waals surface area contributed by atoms with Gasteiger partial charge in [0.15, 0.2) is 15.6 Å². The summed E-state index contributed by atoms with van der Waals surface area (Å²) in [6, 6.07) is 9.21. The molecular formula is C22H28N2O8S. The minimum Gasteiger partial charge on any atom is -0.508 e. The molecule has 10 nitrogen and oxygen atoms in total. The zero-order valence-electron chi connectivity index (χ0n) is 18.3. The van der Waals surface area contributed by atoms with Crippen molar-refractivity contribution in [1.29, 1.82) is 0 Å². The number of sulfone groups is 1. The number of benzene rings is 2. The molecule has 0 spiro atoms. The number of aliphatic hydroxyl groups is 1. The zero-order valence-corrected chi connectivity index (χ0v) is 19.2. The van der Waals surface area contributed by atoms with E-state index in [1.807, 2.05) is 13.8 Å². The first-order valence-corrected chi connectivity index (χ1v) is 12.1. The number of nitrogens with zero attached hydrogens (tertiary/aromatic N) is 1. The van der Waals surface area contributed by atoms with Crippen molar-refractivity contribution in [3.05, 3.63) is 53.6 Å². The maximum atomic E-state index is 13.0. The molecule has 1 amide bonds. The van der Waals surface area contributed by atoms with E-state index in [0.717, 1.165) is 5.01 Å². The van der Waals surface area contributed by atoms with E-state index >= 15 is 0 Å². The molecule has 180 valence electrons. The number of hydrogen-bond acceptors (Lipinski definition) is 8. The van der Waals surface area contributed by atoms with Crippen LogP contribution in [0.15, 0.2) is 47.4 Å². The molecule has 2 atom stereocenters. The van der Waals surface area contributed by atoms with Gasteiger partial charge in [-0.25, -0.2) is 23.6 Å². The van der Waals surface area contributed by atoms with Gasteiger partial charge in [-0.3, -0.25) is 0 Å². The Bertz CT molecular complexity index is 1070. The Balaban J connectivity index is 1.87. The van der Waals surface area contributed by atoms with E-state index in [1.54, 1.807) is 12.1 Å². The highest BCUT2D eigenvalue weighted by Crippen LogP contribution is 2.29. The lowest BCUT2D eigenvalue weighted by Crippen LogP contribution is -2.56. The first kappa shape index (κ1) is 24.8. The summed E-state index contributed by atoms with van der Waals surface area (Å²) in [5, 5.41) is 31.1. The molecular weight excluding hydrogens is 452 g/mol. The molecule has 4 N–H and O–H groups in total. The van der Waals surface area contributed by atoms with Gasteiger partial charge in [-0.15, -0.1) is 0 Å². The summed E-state index contributed by atoms with van der Waals surface area (Å²) >= 11 is 0. The van der Waals surface area contributed by atoms with Crippen LogP contribution in [0.2, 0.25) is 0 Å². The lowest BCUT2D eigenvalue weighted by atomic mass is 10.0. The molecule has 2 unspecified atom stereocenters. The highest BCUT2D eigenvalue weighted by molar-refractivity contribution is 7.91. The van der Waals surface area contributed by atoms with Crippen molar-refractivity contribution in [2.45, 2.75) is 43.9 Å². The third kappa shape index (κ3) is 6.35. The Morgan fingerprint density at radius 3 is 2.52 bits per heavy atom. The second kappa shape index (κ2) is 10.4. The number of carbonyl (C=O) groups is 1. The van der Waals surface area contributed by atoms with Crippen LogP contribution < -0.4 is 10.3 Å². The number of rotatable bonds is 10. The quantitative estimate of drug-likeness (QED) is 0.297. The van der Waals surface area contributed by atoms with Gasteiger partial charge < -0.3 is 20.2 Å². The largest absolute Gasteiger partial charge is 0.508 e. The van der Waals surface area contributed by atoms with Crippen molar-refractivity contribution in [2.75, 3.05) is 12.3 Å². The number of fused-ring (bicyclic) bond motifs is 1. The molecule has 1 heterocycles. The number of phenolic OH excluding ortho intramolecular Hbond substituents is 1. The average Bonchev–Trinajstić information content (AvgIpc) is 3.21. The maximum absolute atomic E-state index is 13.0. The minimum absolute atomic E-state index is 0.0187. The Morgan fingerprint density at radius 2 is 1.88 bits per heavy atom. The Morgan fingerprint density at radius 1 is 1.18 bits per heavy atom. The Labute approximate surface area is 192 Å². The summed E-state index contributed by atoms with van der Waals surface area (Å²) in [5.41, 5.74) is 3.98. The number of phenols is 1. The summed E-state index contributed by atoms with van der Waals surface area (Å²) in [7, 11) is -3.96. The van der Waals surface area contributed by atoms with E-state index in [2.05, 4.69) is 5.43 Å². The number of amides is 1. The molecule has 2 aromatic carbocycles. The fourth-order valence-electron chi connectivity index (χ4n) is 3.41. The van der Waals surface area contributed by atoms with Crippen LogP contribution in [0, 0.1) is 5.92 Å². The van der Waals surface area contributed by atoms with E-state index in [4.69, 9.17) is 9.78 Å². The SMILES string of the molecule is CC(C)CNN(C(=O)O)C(Cc1ccc(O)cc1)C(O)CS(=O)(=O)c1ccc2c(c1)COO2. The van der Waals surface area contributed by atoms with Crippen molar-refractivity contribution >= 4 is 15.9 Å². The number of hydrazine groups is 1. The number of hydrogen-bond donors (Lipinski definition) is 4. The highest BCUT2D eigenvalue weighted by Gasteiger charge is 2.34. The lowest BCUT2D eigenvalue weighted by Gasteiger charge is -2.33. The normalized spacial score (nSPS) is 15.0. The predicted octanol–water partition coefficient (Wildman–Crippen LogP) is 2.10. The summed E-state index contributed by atoms with van der Waals surface area (Å²) in [6.45, 7) is 4.20. The Hall–Kier alpha value is -2.86. The number of carboxylic acid groups (broad SMARTS) is 1.